The first-order valence-corrected chi connectivity index (χ1v) is 25.4. The van der Waals surface area contributed by atoms with E-state index in [0.29, 0.717) is 30.8 Å². The van der Waals surface area contributed by atoms with Gasteiger partial charge in [0.1, 0.15) is 11.9 Å². The van der Waals surface area contributed by atoms with Crippen LogP contribution in [0.5, 0.6) is 5.75 Å². The molecular formula is C51H65N3O10S2. The molecule has 3 saturated heterocycles. The van der Waals surface area contributed by atoms with Crippen LogP contribution < -0.4 is 14.5 Å². The van der Waals surface area contributed by atoms with Crippen LogP contribution in [-0.2, 0) is 48.3 Å². The topological polar surface area (TPSA) is 155 Å². The number of ether oxygens (including phenoxy) is 4. The Kier molecular flexibility index (Phi) is 14.0. The lowest BCUT2D eigenvalue weighted by Crippen LogP contribution is -2.59. The van der Waals surface area contributed by atoms with Gasteiger partial charge in [-0.15, -0.1) is 11.3 Å². The van der Waals surface area contributed by atoms with Gasteiger partial charge in [-0.05, 0) is 104 Å². The Morgan fingerprint density at radius 1 is 0.985 bits per heavy atom. The Hall–Kier alpha value is -4.51. The number of rotatable bonds is 18. The molecule has 356 valence electrons. The third kappa shape index (κ3) is 10.0. The summed E-state index contributed by atoms with van der Waals surface area (Å²) < 4.78 is 52.4. The number of hydrogen-bond donors (Lipinski definition) is 2. The third-order valence-corrected chi connectivity index (χ3v) is 17.3. The van der Waals surface area contributed by atoms with Crippen molar-refractivity contribution in [3.63, 3.8) is 0 Å². The molecule has 0 amide bonds. The van der Waals surface area contributed by atoms with E-state index >= 15 is 0 Å². The van der Waals surface area contributed by atoms with Crippen molar-refractivity contribution in [1.29, 1.82) is 0 Å². The van der Waals surface area contributed by atoms with Crippen molar-refractivity contribution in [3.8, 4) is 16.2 Å². The van der Waals surface area contributed by atoms with E-state index in [1.807, 2.05) is 57.2 Å². The summed E-state index contributed by atoms with van der Waals surface area (Å²) in [5, 5.41) is 22.5. The van der Waals surface area contributed by atoms with Gasteiger partial charge in [0, 0.05) is 61.0 Å². The average molecular weight is 944 g/mol. The van der Waals surface area contributed by atoms with Gasteiger partial charge in [0.05, 0.1) is 60.1 Å². The SMILES string of the molecule is COc1ccc(S(=O)(=O)N(CC(C)C)C[C@@H](O)[C@@H](CC(=O)O[C@H]2CO[C@@]3(C)OCC[C@@H]23)Cc2ccc(N(C)C3CN(c4ccccc4-c4sc5c(c4C(=O)O)CC(C)(C)CC5)C3)cc2)cc1. The Bertz CT molecular complexity index is 2480. The van der Waals surface area contributed by atoms with E-state index < -0.39 is 45.9 Å². The molecule has 0 radical (unpaired) electrons. The average Bonchev–Trinajstić information content (AvgIpc) is 3.93. The highest BCUT2D eigenvalue weighted by Gasteiger charge is 2.53. The number of anilines is 2. The standard InChI is InChI=1S/C51H65N3O10S2/c1-32(2)27-54(66(59,60)38-18-16-37(61-7)17-19-38)30-43(55)34(25-46(56)64-44-31-63-51(5)41(44)21-23-62-51)24-33-12-14-35(15-13-33)52(6)36-28-53(29-36)42-11-9-8-10-39(42)48-47(49(57)58)40-26-50(3,4)22-20-45(40)65-48/h8-19,32,34,36,41,43-44,55H,20-31H2,1-7H3,(H,57,58)/t34-,41+,43-,44+,51-/m1/s1. The molecule has 4 heterocycles. The highest BCUT2D eigenvalue weighted by molar-refractivity contribution is 7.89. The smallest absolute Gasteiger partial charge is 0.337 e. The summed E-state index contributed by atoms with van der Waals surface area (Å²) in [7, 11) is -0.427. The van der Waals surface area contributed by atoms with Gasteiger partial charge in [0.25, 0.3) is 0 Å². The number of aliphatic hydroxyl groups is 1. The molecule has 5 atom stereocenters. The second kappa shape index (κ2) is 19.2. The predicted octanol–water partition coefficient (Wildman–Crippen LogP) is 7.91. The molecule has 2 N–H and O–H groups in total. The summed E-state index contributed by atoms with van der Waals surface area (Å²) in [6.45, 7) is 12.4. The molecule has 3 fully saturated rings. The number of carbonyl (C=O) groups is 2. The van der Waals surface area contributed by atoms with Crippen molar-refractivity contribution in [2.75, 3.05) is 63.4 Å². The zero-order valence-electron chi connectivity index (χ0n) is 39.2. The lowest BCUT2D eigenvalue weighted by atomic mass is 9.76. The van der Waals surface area contributed by atoms with Crippen LogP contribution in [0.2, 0.25) is 0 Å². The number of carboxylic acid groups (broad SMARTS) is 1. The van der Waals surface area contributed by atoms with Crippen LogP contribution in [0.4, 0.5) is 11.4 Å². The molecule has 0 spiro atoms. The zero-order chi connectivity index (χ0) is 47.1. The van der Waals surface area contributed by atoms with E-state index in [1.165, 1.54) is 28.4 Å². The Labute approximate surface area is 393 Å². The maximum atomic E-state index is 14.1. The maximum Gasteiger partial charge on any atom is 0.337 e. The largest absolute Gasteiger partial charge is 0.497 e. The van der Waals surface area contributed by atoms with Crippen LogP contribution in [0, 0.1) is 23.2 Å². The summed E-state index contributed by atoms with van der Waals surface area (Å²) in [4.78, 5) is 33.2. The van der Waals surface area contributed by atoms with Gasteiger partial charge in [-0.25, -0.2) is 13.2 Å². The van der Waals surface area contributed by atoms with Crippen LogP contribution in [0.1, 0.15) is 80.2 Å². The summed E-state index contributed by atoms with van der Waals surface area (Å²) in [6.07, 6.45) is 1.93. The van der Waals surface area contributed by atoms with Gasteiger partial charge in [0.15, 0.2) is 5.79 Å². The van der Waals surface area contributed by atoms with Crippen molar-refractivity contribution in [3.05, 3.63) is 94.4 Å². The van der Waals surface area contributed by atoms with E-state index in [0.717, 1.165) is 65.3 Å². The van der Waals surface area contributed by atoms with Crippen molar-refractivity contribution in [2.24, 2.45) is 23.2 Å². The van der Waals surface area contributed by atoms with E-state index in [-0.39, 0.29) is 54.3 Å². The lowest BCUT2D eigenvalue weighted by Gasteiger charge is -2.47. The molecule has 3 aromatic carbocycles. The molecule has 0 unspecified atom stereocenters. The second-order valence-corrected chi connectivity index (χ2v) is 23.0. The molecule has 8 rings (SSSR count). The molecule has 66 heavy (non-hydrogen) atoms. The predicted molar refractivity (Wildman–Crippen MR) is 256 cm³/mol. The van der Waals surface area contributed by atoms with Gasteiger partial charge < -0.3 is 39.0 Å². The van der Waals surface area contributed by atoms with Crippen LogP contribution in [-0.4, -0.2) is 112 Å². The number of thiophene rings is 1. The molecule has 4 aromatic rings. The first-order chi connectivity index (χ1) is 31.4. The Morgan fingerprint density at radius 3 is 2.38 bits per heavy atom. The molecule has 0 bridgehead atoms. The third-order valence-electron chi connectivity index (χ3n) is 14.1. The van der Waals surface area contributed by atoms with Gasteiger partial charge in [0.2, 0.25) is 10.0 Å². The van der Waals surface area contributed by atoms with Gasteiger partial charge >= 0.3 is 11.9 Å². The van der Waals surface area contributed by atoms with Crippen molar-refractivity contribution in [2.45, 2.75) is 102 Å². The Morgan fingerprint density at radius 2 is 1.70 bits per heavy atom. The fourth-order valence-corrected chi connectivity index (χ4v) is 13.1. The summed E-state index contributed by atoms with van der Waals surface area (Å²) >= 11 is 1.64. The first-order valence-electron chi connectivity index (χ1n) is 23.2. The number of aliphatic hydroxyl groups excluding tert-OH is 1. The molecule has 15 heteroatoms. The normalized spacial score (nSPS) is 22.4. The number of hydrogen-bond acceptors (Lipinski definition) is 12. The van der Waals surface area contributed by atoms with Crippen LogP contribution in [0.25, 0.3) is 10.4 Å². The minimum atomic E-state index is -4.02. The Balaban J connectivity index is 0.968. The fourth-order valence-electron chi connectivity index (χ4n) is 10.2. The maximum absolute atomic E-state index is 14.1. The zero-order valence-corrected chi connectivity index (χ0v) is 40.8. The molecule has 0 saturated carbocycles. The van der Waals surface area contributed by atoms with Gasteiger partial charge in [-0.2, -0.15) is 4.31 Å². The highest BCUT2D eigenvalue weighted by Crippen LogP contribution is 2.48. The van der Waals surface area contributed by atoms with Crippen LogP contribution in [0.3, 0.4) is 0 Å². The lowest BCUT2D eigenvalue weighted by molar-refractivity contribution is -0.181. The molecular weight excluding hydrogens is 879 g/mol. The minimum Gasteiger partial charge on any atom is -0.497 e. The number of sulfonamides is 1. The van der Waals surface area contributed by atoms with E-state index in [2.05, 4.69) is 42.8 Å². The number of fused-ring (bicyclic) bond motifs is 2. The minimum absolute atomic E-state index is 0.0372. The summed E-state index contributed by atoms with van der Waals surface area (Å²) in [5.41, 5.74) is 5.42. The van der Waals surface area contributed by atoms with Crippen molar-refractivity contribution >= 4 is 44.7 Å². The number of benzene rings is 3. The summed E-state index contributed by atoms with van der Waals surface area (Å²) in [6, 6.07) is 22.6. The summed E-state index contributed by atoms with van der Waals surface area (Å²) in [5.74, 6) is -2.40. The quantitative estimate of drug-likeness (QED) is 0.0932. The van der Waals surface area contributed by atoms with Gasteiger partial charge in [-0.3, -0.25) is 4.79 Å². The highest BCUT2D eigenvalue weighted by atomic mass is 32.2. The molecule has 1 aliphatic carbocycles. The van der Waals surface area contributed by atoms with Crippen LogP contribution in [0.15, 0.2) is 77.7 Å². The first kappa shape index (κ1) is 48.0. The number of para-hydroxylation sites is 1. The van der Waals surface area contributed by atoms with Gasteiger partial charge in [-0.1, -0.05) is 58.0 Å². The fraction of sp³-hybridized carbons (Fsp3) is 0.529. The van der Waals surface area contributed by atoms with E-state index in [9.17, 15) is 28.2 Å². The molecule has 4 aliphatic rings. The van der Waals surface area contributed by atoms with Crippen LogP contribution >= 0.6 is 11.3 Å². The number of nitrogens with zero attached hydrogens (tertiary/aromatic N) is 3. The number of esters is 1. The van der Waals surface area contributed by atoms with E-state index in [4.69, 9.17) is 18.9 Å². The molecule has 1 aromatic heterocycles. The number of carbonyl (C=O) groups excluding carboxylic acids is 1. The molecule has 13 nitrogen and oxygen atoms in total. The number of methoxy groups -OCH3 is 1. The van der Waals surface area contributed by atoms with Crippen molar-refractivity contribution in [1.82, 2.24) is 4.31 Å². The number of likely N-dealkylation sites (N-methyl/N-ethyl adjacent to an activating group) is 1. The van der Waals surface area contributed by atoms with E-state index in [1.54, 1.807) is 23.5 Å². The molecule has 3 aliphatic heterocycles. The monoisotopic (exact) mass is 943 g/mol. The number of aryl methyl sites for hydroxylation is 1. The number of carboxylic acids is 1. The van der Waals surface area contributed by atoms with Crippen molar-refractivity contribution < 1.29 is 47.2 Å². The number of aromatic carboxylic acids is 1. The second-order valence-electron chi connectivity index (χ2n) is 19.9.